The Bertz CT molecular complexity index is 1000. The molecule has 7 nitrogen and oxygen atoms in total. The Kier molecular flexibility index (Phi) is 4.14. The summed E-state index contributed by atoms with van der Waals surface area (Å²) in [6, 6.07) is 6.01. The van der Waals surface area contributed by atoms with Crippen LogP contribution in [0.3, 0.4) is 0 Å². The lowest BCUT2D eigenvalue weighted by Gasteiger charge is -2.11. The first kappa shape index (κ1) is 16.5. The van der Waals surface area contributed by atoms with Crippen molar-refractivity contribution in [2.24, 2.45) is 0 Å². The molecule has 25 heavy (non-hydrogen) atoms. The van der Waals surface area contributed by atoms with Crippen molar-refractivity contribution < 1.29 is 28.8 Å². The van der Waals surface area contributed by atoms with Gasteiger partial charge in [-0.2, -0.15) is 0 Å². The third-order valence-corrected chi connectivity index (χ3v) is 3.86. The first-order valence-electron chi connectivity index (χ1n) is 7.28. The van der Waals surface area contributed by atoms with E-state index >= 15 is 0 Å². The Balaban J connectivity index is 2.29. The van der Waals surface area contributed by atoms with E-state index in [9.17, 15) is 15.0 Å². The highest BCUT2D eigenvalue weighted by Crippen LogP contribution is 2.40. The number of ether oxygens (including phenoxy) is 3. The van der Waals surface area contributed by atoms with Gasteiger partial charge in [-0.15, -0.1) is 0 Å². The van der Waals surface area contributed by atoms with E-state index in [1.54, 1.807) is 18.2 Å². The molecule has 7 heteroatoms. The normalized spacial score (nSPS) is 10.7. The zero-order chi connectivity index (χ0) is 18.1. The molecule has 3 aromatic rings. The Morgan fingerprint density at radius 1 is 0.920 bits per heavy atom. The Morgan fingerprint density at radius 3 is 2.28 bits per heavy atom. The van der Waals surface area contributed by atoms with Crippen LogP contribution in [0.1, 0.15) is 0 Å². The number of hydrogen-bond acceptors (Lipinski definition) is 7. The summed E-state index contributed by atoms with van der Waals surface area (Å²) in [5, 5.41) is 19.8. The minimum atomic E-state index is -0.468. The topological polar surface area (TPSA) is 98.4 Å². The summed E-state index contributed by atoms with van der Waals surface area (Å²) in [5.74, 6) is 0.223. The third-order valence-electron chi connectivity index (χ3n) is 3.86. The number of methoxy groups -OCH3 is 3. The summed E-state index contributed by atoms with van der Waals surface area (Å²) in [5.41, 5.74) is 0.245. The van der Waals surface area contributed by atoms with Gasteiger partial charge in [-0.25, -0.2) is 0 Å². The molecule has 0 unspecified atom stereocenters. The van der Waals surface area contributed by atoms with Crippen molar-refractivity contribution in [2.45, 2.75) is 0 Å². The van der Waals surface area contributed by atoms with Gasteiger partial charge in [0.25, 0.3) is 0 Å². The number of benzene rings is 2. The van der Waals surface area contributed by atoms with Crippen molar-refractivity contribution in [1.29, 1.82) is 0 Å². The molecule has 0 atom stereocenters. The summed E-state index contributed by atoms with van der Waals surface area (Å²) in [4.78, 5) is 12.9. The van der Waals surface area contributed by atoms with Crippen LogP contribution < -0.4 is 19.6 Å². The molecule has 0 fully saturated rings. The van der Waals surface area contributed by atoms with Crippen molar-refractivity contribution in [3.8, 4) is 39.9 Å². The van der Waals surface area contributed by atoms with Gasteiger partial charge in [0.05, 0.1) is 26.9 Å². The van der Waals surface area contributed by atoms with Crippen LogP contribution in [0.15, 0.2) is 39.7 Å². The maximum absolute atomic E-state index is 12.9. The van der Waals surface area contributed by atoms with Crippen molar-refractivity contribution >= 4 is 11.0 Å². The van der Waals surface area contributed by atoms with E-state index in [0.29, 0.717) is 17.1 Å². The molecule has 0 spiro atoms. The fourth-order valence-corrected chi connectivity index (χ4v) is 2.65. The number of fused-ring (bicyclic) bond motifs is 1. The monoisotopic (exact) mass is 344 g/mol. The van der Waals surface area contributed by atoms with E-state index in [4.69, 9.17) is 18.6 Å². The van der Waals surface area contributed by atoms with Gasteiger partial charge in [-0.05, 0) is 17.7 Å². The second-order valence-corrected chi connectivity index (χ2v) is 5.20. The molecule has 0 radical (unpaired) electrons. The van der Waals surface area contributed by atoms with E-state index in [0.717, 1.165) is 6.07 Å². The van der Waals surface area contributed by atoms with Crippen LogP contribution in [0.2, 0.25) is 0 Å². The number of phenols is 2. The first-order valence-corrected chi connectivity index (χ1v) is 7.28. The number of hydrogen-bond donors (Lipinski definition) is 2. The number of aromatic hydroxyl groups is 2. The Labute approximate surface area is 142 Å². The van der Waals surface area contributed by atoms with Gasteiger partial charge in [-0.1, -0.05) is 6.07 Å². The average Bonchev–Trinajstić information content (AvgIpc) is 2.61. The first-order chi connectivity index (χ1) is 12.0. The molecular formula is C18H16O7. The molecule has 0 aliphatic carbocycles. The zero-order valence-corrected chi connectivity index (χ0v) is 13.8. The minimum Gasteiger partial charge on any atom is -0.507 e. The third kappa shape index (κ3) is 2.59. The van der Waals surface area contributed by atoms with Crippen LogP contribution in [0, 0.1) is 0 Å². The van der Waals surface area contributed by atoms with Gasteiger partial charge in [0.15, 0.2) is 22.8 Å². The molecular weight excluding hydrogens is 328 g/mol. The summed E-state index contributed by atoms with van der Waals surface area (Å²) >= 11 is 0. The van der Waals surface area contributed by atoms with E-state index in [-0.39, 0.29) is 28.0 Å². The lowest BCUT2D eigenvalue weighted by Crippen LogP contribution is -2.06. The van der Waals surface area contributed by atoms with Crippen LogP contribution in [0.25, 0.3) is 22.1 Å². The van der Waals surface area contributed by atoms with Crippen molar-refractivity contribution in [3.05, 3.63) is 40.8 Å². The second kappa shape index (κ2) is 6.27. The maximum atomic E-state index is 12.9. The average molecular weight is 344 g/mol. The van der Waals surface area contributed by atoms with Crippen LogP contribution >= 0.6 is 0 Å². The highest BCUT2D eigenvalue weighted by atomic mass is 16.5. The van der Waals surface area contributed by atoms with Gasteiger partial charge >= 0.3 is 0 Å². The van der Waals surface area contributed by atoms with E-state index in [1.807, 2.05) is 0 Å². The highest BCUT2D eigenvalue weighted by Gasteiger charge is 2.20. The molecule has 0 saturated heterocycles. The van der Waals surface area contributed by atoms with Gasteiger partial charge in [0, 0.05) is 6.07 Å². The van der Waals surface area contributed by atoms with Gasteiger partial charge in [-0.3, -0.25) is 4.79 Å². The van der Waals surface area contributed by atoms with Crippen molar-refractivity contribution in [3.63, 3.8) is 0 Å². The van der Waals surface area contributed by atoms with Crippen LogP contribution in [0.5, 0.6) is 28.7 Å². The minimum absolute atomic E-state index is 0.0243. The van der Waals surface area contributed by atoms with E-state index in [1.165, 1.54) is 27.6 Å². The molecule has 0 amide bonds. The van der Waals surface area contributed by atoms with Crippen molar-refractivity contribution in [1.82, 2.24) is 0 Å². The quantitative estimate of drug-likeness (QED) is 0.751. The van der Waals surface area contributed by atoms with E-state index < -0.39 is 11.2 Å². The summed E-state index contributed by atoms with van der Waals surface area (Å²) in [6.45, 7) is 0. The molecule has 3 rings (SSSR count). The molecule has 2 N–H and O–H groups in total. The summed E-state index contributed by atoms with van der Waals surface area (Å²) in [6.07, 6.45) is 1.24. The predicted octanol–water partition coefficient (Wildman–Crippen LogP) is 2.90. The molecule has 1 aromatic heterocycles. The van der Waals surface area contributed by atoms with Crippen LogP contribution in [-0.4, -0.2) is 31.5 Å². The second-order valence-electron chi connectivity index (χ2n) is 5.20. The fraction of sp³-hybridized carbons (Fsp3) is 0.167. The van der Waals surface area contributed by atoms with Gasteiger partial charge in [0.2, 0.25) is 11.2 Å². The lowest BCUT2D eigenvalue weighted by atomic mass is 10.0. The smallest absolute Gasteiger partial charge is 0.204 e. The molecule has 2 aromatic carbocycles. The lowest BCUT2D eigenvalue weighted by molar-refractivity contribution is 0.355. The molecule has 0 aliphatic rings. The summed E-state index contributed by atoms with van der Waals surface area (Å²) < 4.78 is 20.9. The van der Waals surface area contributed by atoms with Crippen LogP contribution in [-0.2, 0) is 0 Å². The Morgan fingerprint density at radius 2 is 1.64 bits per heavy atom. The molecule has 130 valence electrons. The number of phenolic OH excluding ortho intramolecular Hbond substituents is 2. The van der Waals surface area contributed by atoms with Gasteiger partial charge in [0.1, 0.15) is 17.4 Å². The summed E-state index contributed by atoms with van der Waals surface area (Å²) in [7, 11) is 4.33. The molecule has 0 saturated carbocycles. The largest absolute Gasteiger partial charge is 0.507 e. The highest BCUT2D eigenvalue weighted by molar-refractivity contribution is 5.93. The molecule has 1 heterocycles. The zero-order valence-electron chi connectivity index (χ0n) is 13.8. The standard InChI is InChI=1S/C18H16O7/c1-22-13-5-4-9(6-14(13)23-2)10-8-25-18-15(16(10)21)11(19)7-12(20)17(18)24-3/h4-8,19-20H,1-3H3. The fourth-order valence-electron chi connectivity index (χ4n) is 2.65. The predicted molar refractivity (Wildman–Crippen MR) is 90.9 cm³/mol. The maximum Gasteiger partial charge on any atom is 0.204 e. The molecule has 0 bridgehead atoms. The Hall–Kier alpha value is -3.35. The van der Waals surface area contributed by atoms with Crippen LogP contribution in [0.4, 0.5) is 0 Å². The number of rotatable bonds is 4. The molecule has 0 aliphatic heterocycles. The van der Waals surface area contributed by atoms with E-state index in [2.05, 4.69) is 0 Å². The van der Waals surface area contributed by atoms with Crippen molar-refractivity contribution in [2.75, 3.05) is 21.3 Å². The van der Waals surface area contributed by atoms with Gasteiger partial charge < -0.3 is 28.8 Å². The SMILES string of the molecule is COc1ccc(-c2coc3c(OC)c(O)cc(O)c3c2=O)cc1OC.